The van der Waals surface area contributed by atoms with E-state index in [0.717, 1.165) is 31.5 Å². The highest BCUT2D eigenvalue weighted by atomic mass is 19.4. The minimum Gasteiger partial charge on any atom is -0.313 e. The van der Waals surface area contributed by atoms with Crippen molar-refractivity contribution in [3.05, 3.63) is 35.1 Å². The lowest BCUT2D eigenvalue weighted by molar-refractivity contribution is -0.137. The first-order chi connectivity index (χ1) is 9.93. The van der Waals surface area contributed by atoms with Crippen LogP contribution in [0.1, 0.15) is 56.6 Å². The van der Waals surface area contributed by atoms with Crippen LogP contribution in [0.25, 0.3) is 0 Å². The number of hydrogen-bond donors (Lipinski definition) is 1. The molecule has 21 heavy (non-hydrogen) atoms. The predicted molar refractivity (Wildman–Crippen MR) is 76.5 cm³/mol. The van der Waals surface area contributed by atoms with E-state index in [1.807, 2.05) is 0 Å². The summed E-state index contributed by atoms with van der Waals surface area (Å²) in [7, 11) is 0. The number of benzene rings is 1. The third-order valence-corrected chi connectivity index (χ3v) is 3.32. The molecule has 0 unspecified atom stereocenters. The Kier molecular flexibility index (Phi) is 7.72. The molecule has 0 heterocycles. The minimum atomic E-state index is -4.50. The maximum absolute atomic E-state index is 13.2. The van der Waals surface area contributed by atoms with E-state index in [-0.39, 0.29) is 6.54 Å². The first-order valence-electron chi connectivity index (χ1n) is 7.51. The topological polar surface area (TPSA) is 12.0 Å². The molecule has 0 aliphatic rings. The summed E-state index contributed by atoms with van der Waals surface area (Å²) >= 11 is 0. The molecule has 0 atom stereocenters. The Bertz CT molecular complexity index is 415. The van der Waals surface area contributed by atoms with E-state index in [4.69, 9.17) is 0 Å². The molecule has 0 bridgehead atoms. The molecule has 1 nitrogen and oxygen atoms in total. The summed E-state index contributed by atoms with van der Waals surface area (Å²) in [5.41, 5.74) is -0.604. The van der Waals surface area contributed by atoms with Gasteiger partial charge < -0.3 is 5.32 Å². The van der Waals surface area contributed by atoms with Crippen LogP contribution in [0.2, 0.25) is 0 Å². The molecule has 0 radical (unpaired) electrons. The molecule has 1 rings (SSSR count). The summed E-state index contributed by atoms with van der Waals surface area (Å²) < 4.78 is 50.8. The fourth-order valence-corrected chi connectivity index (χ4v) is 2.18. The third kappa shape index (κ3) is 7.46. The second kappa shape index (κ2) is 9.03. The Morgan fingerprint density at radius 2 is 1.62 bits per heavy atom. The summed E-state index contributed by atoms with van der Waals surface area (Å²) in [5.74, 6) is -0.846. The Labute approximate surface area is 123 Å². The molecule has 5 heteroatoms. The van der Waals surface area contributed by atoms with E-state index in [1.165, 1.54) is 25.7 Å². The molecule has 0 amide bonds. The summed E-state index contributed by atoms with van der Waals surface area (Å²) in [4.78, 5) is 0. The van der Waals surface area contributed by atoms with Gasteiger partial charge in [0, 0.05) is 6.54 Å². The Morgan fingerprint density at radius 1 is 0.952 bits per heavy atom. The molecule has 0 saturated carbocycles. The molecule has 0 aliphatic carbocycles. The van der Waals surface area contributed by atoms with Gasteiger partial charge in [0.25, 0.3) is 0 Å². The zero-order valence-electron chi connectivity index (χ0n) is 12.4. The van der Waals surface area contributed by atoms with Crippen LogP contribution < -0.4 is 5.32 Å². The van der Waals surface area contributed by atoms with Crippen molar-refractivity contribution < 1.29 is 17.6 Å². The van der Waals surface area contributed by atoms with E-state index in [0.29, 0.717) is 11.6 Å². The molecular weight excluding hydrogens is 282 g/mol. The molecule has 1 N–H and O–H groups in total. The van der Waals surface area contributed by atoms with Crippen LogP contribution in [0.15, 0.2) is 18.2 Å². The number of nitrogens with one attached hydrogen (secondary N) is 1. The highest BCUT2D eigenvalue weighted by molar-refractivity contribution is 5.26. The maximum atomic E-state index is 13.2. The molecule has 0 spiro atoms. The molecule has 0 aliphatic heterocycles. The van der Waals surface area contributed by atoms with Crippen molar-refractivity contribution in [1.82, 2.24) is 5.32 Å². The number of unbranched alkanes of at least 4 members (excludes halogenated alkanes) is 5. The third-order valence-electron chi connectivity index (χ3n) is 3.32. The smallest absolute Gasteiger partial charge is 0.313 e. The summed E-state index contributed by atoms with van der Waals surface area (Å²) in [6.07, 6.45) is 2.48. The summed E-state index contributed by atoms with van der Waals surface area (Å²) in [6.45, 7) is 3.16. The lowest BCUT2D eigenvalue weighted by Crippen LogP contribution is -2.16. The maximum Gasteiger partial charge on any atom is 0.416 e. The van der Waals surface area contributed by atoms with Crippen molar-refractivity contribution in [2.75, 3.05) is 6.54 Å². The highest BCUT2D eigenvalue weighted by Crippen LogP contribution is 2.30. The van der Waals surface area contributed by atoms with Gasteiger partial charge in [-0.2, -0.15) is 13.2 Å². The largest absolute Gasteiger partial charge is 0.416 e. The van der Waals surface area contributed by atoms with E-state index in [9.17, 15) is 17.6 Å². The molecule has 0 aromatic heterocycles. The lowest BCUT2D eigenvalue weighted by atomic mass is 10.1. The van der Waals surface area contributed by atoms with Gasteiger partial charge in [0.2, 0.25) is 0 Å². The number of halogens is 4. The van der Waals surface area contributed by atoms with Gasteiger partial charge in [-0.25, -0.2) is 4.39 Å². The van der Waals surface area contributed by atoms with Gasteiger partial charge >= 0.3 is 6.18 Å². The lowest BCUT2D eigenvalue weighted by Gasteiger charge is -2.10. The molecular formula is C16H23F4N. The van der Waals surface area contributed by atoms with Gasteiger partial charge in [-0.1, -0.05) is 39.0 Å². The van der Waals surface area contributed by atoms with E-state index >= 15 is 0 Å². The Hall–Kier alpha value is -1.10. The number of rotatable bonds is 9. The fraction of sp³-hybridized carbons (Fsp3) is 0.625. The summed E-state index contributed by atoms with van der Waals surface area (Å²) in [6, 6.07) is 2.66. The van der Waals surface area contributed by atoms with Crippen LogP contribution >= 0.6 is 0 Å². The van der Waals surface area contributed by atoms with Crippen LogP contribution in [0.5, 0.6) is 0 Å². The van der Waals surface area contributed by atoms with Crippen molar-refractivity contribution in [1.29, 1.82) is 0 Å². The van der Waals surface area contributed by atoms with Crippen molar-refractivity contribution in [2.45, 2.75) is 58.2 Å². The van der Waals surface area contributed by atoms with Crippen molar-refractivity contribution >= 4 is 0 Å². The molecule has 1 aromatic carbocycles. The normalized spacial score (nSPS) is 11.9. The highest BCUT2D eigenvalue weighted by Gasteiger charge is 2.31. The molecule has 1 aromatic rings. The monoisotopic (exact) mass is 305 g/mol. The van der Waals surface area contributed by atoms with Gasteiger partial charge in [0.1, 0.15) is 5.82 Å². The molecule has 0 saturated heterocycles. The zero-order chi connectivity index (χ0) is 15.7. The second-order valence-electron chi connectivity index (χ2n) is 5.29. The van der Waals surface area contributed by atoms with Gasteiger partial charge in [0.05, 0.1) is 5.56 Å². The van der Waals surface area contributed by atoms with Gasteiger partial charge in [-0.3, -0.25) is 0 Å². The first-order valence-corrected chi connectivity index (χ1v) is 7.51. The van der Waals surface area contributed by atoms with E-state index in [2.05, 4.69) is 12.2 Å². The second-order valence-corrected chi connectivity index (χ2v) is 5.29. The van der Waals surface area contributed by atoms with Crippen LogP contribution in [0.3, 0.4) is 0 Å². The Morgan fingerprint density at radius 3 is 2.29 bits per heavy atom. The predicted octanol–water partition coefficient (Wildman–Crippen LogP) is 5.29. The van der Waals surface area contributed by atoms with Crippen LogP contribution in [-0.4, -0.2) is 6.54 Å². The molecule has 0 fully saturated rings. The molecule has 120 valence electrons. The zero-order valence-corrected chi connectivity index (χ0v) is 12.4. The Balaban J connectivity index is 2.31. The average Bonchev–Trinajstić information content (AvgIpc) is 2.40. The standard InChI is InChI=1S/C16H23F4N/c1-2-3-4-5-6-7-8-21-12-13-9-14(16(18,19)20)11-15(17)10-13/h9-11,21H,2-8,12H2,1H3. The van der Waals surface area contributed by atoms with Crippen molar-refractivity contribution in [2.24, 2.45) is 0 Å². The fourth-order valence-electron chi connectivity index (χ4n) is 2.18. The minimum absolute atomic E-state index is 0.260. The van der Waals surface area contributed by atoms with Crippen LogP contribution in [0.4, 0.5) is 17.6 Å². The average molecular weight is 305 g/mol. The van der Waals surface area contributed by atoms with Gasteiger partial charge in [-0.05, 0) is 36.7 Å². The quantitative estimate of drug-likeness (QED) is 0.482. The van der Waals surface area contributed by atoms with E-state index in [1.54, 1.807) is 0 Å². The van der Waals surface area contributed by atoms with Crippen molar-refractivity contribution in [3.63, 3.8) is 0 Å². The van der Waals surface area contributed by atoms with Crippen LogP contribution in [0, 0.1) is 5.82 Å². The summed E-state index contributed by atoms with van der Waals surface area (Å²) in [5, 5.41) is 3.06. The van der Waals surface area contributed by atoms with Gasteiger partial charge in [0.15, 0.2) is 0 Å². The van der Waals surface area contributed by atoms with Gasteiger partial charge in [-0.15, -0.1) is 0 Å². The SMILES string of the molecule is CCCCCCCCNCc1cc(F)cc(C(F)(F)F)c1. The van der Waals surface area contributed by atoms with Crippen molar-refractivity contribution in [3.8, 4) is 0 Å². The van der Waals surface area contributed by atoms with Crippen LogP contribution in [-0.2, 0) is 12.7 Å². The number of hydrogen-bond acceptors (Lipinski definition) is 1. The van der Waals surface area contributed by atoms with E-state index < -0.39 is 17.6 Å². The number of alkyl halides is 3. The first kappa shape index (κ1) is 18.0.